The van der Waals surface area contributed by atoms with Crippen LogP contribution in [0.4, 0.5) is 0 Å². The standard InChI is InChI=1S/C7H6BrNO.C6H12O2/c8-6-3-1-5(2-4-6)7(9)10;1-2-3-4-5-6(7)8/h1-4H,(H2,9,10);2-5H2,1H3,(H,7,8). The number of hydrogen-bond acceptors (Lipinski definition) is 2. The molecular weight excluding hydrogens is 298 g/mol. The molecule has 0 fully saturated rings. The highest BCUT2D eigenvalue weighted by molar-refractivity contribution is 9.10. The molecule has 0 radical (unpaired) electrons. The molecule has 0 heterocycles. The van der Waals surface area contributed by atoms with E-state index in [1.807, 2.05) is 0 Å². The normalized spacial score (nSPS) is 9.22. The van der Waals surface area contributed by atoms with Gasteiger partial charge >= 0.3 is 5.97 Å². The van der Waals surface area contributed by atoms with Crippen LogP contribution >= 0.6 is 15.9 Å². The van der Waals surface area contributed by atoms with E-state index in [2.05, 4.69) is 22.9 Å². The number of amides is 1. The summed E-state index contributed by atoms with van der Waals surface area (Å²) >= 11 is 3.24. The molecule has 4 nitrogen and oxygen atoms in total. The summed E-state index contributed by atoms with van der Waals surface area (Å²) in [5.41, 5.74) is 5.54. The Balaban J connectivity index is 0.000000331. The van der Waals surface area contributed by atoms with Crippen molar-refractivity contribution in [3.63, 3.8) is 0 Å². The first kappa shape index (κ1) is 16.6. The van der Waals surface area contributed by atoms with Gasteiger partial charge < -0.3 is 10.8 Å². The van der Waals surface area contributed by atoms with Gasteiger partial charge in [0.05, 0.1) is 0 Å². The molecule has 100 valence electrons. The molecule has 0 spiro atoms. The van der Waals surface area contributed by atoms with Gasteiger partial charge in [0.15, 0.2) is 0 Å². The highest BCUT2D eigenvalue weighted by atomic mass is 79.9. The van der Waals surface area contributed by atoms with Crippen LogP contribution in [0, 0.1) is 0 Å². The number of hydrogen-bond donors (Lipinski definition) is 2. The van der Waals surface area contributed by atoms with Crippen molar-refractivity contribution in [1.29, 1.82) is 0 Å². The van der Waals surface area contributed by atoms with E-state index in [9.17, 15) is 9.59 Å². The third kappa shape index (κ3) is 8.75. The summed E-state index contributed by atoms with van der Waals surface area (Å²) in [4.78, 5) is 20.4. The van der Waals surface area contributed by atoms with E-state index in [1.54, 1.807) is 24.3 Å². The Labute approximate surface area is 115 Å². The molecule has 1 rings (SSSR count). The Kier molecular flexibility index (Phi) is 8.92. The number of rotatable bonds is 5. The smallest absolute Gasteiger partial charge is 0.303 e. The quantitative estimate of drug-likeness (QED) is 0.819. The van der Waals surface area contributed by atoms with Crippen LogP contribution in [0.2, 0.25) is 0 Å². The molecule has 0 unspecified atom stereocenters. The Hall–Kier alpha value is -1.36. The highest BCUT2D eigenvalue weighted by Gasteiger charge is 1.96. The summed E-state index contributed by atoms with van der Waals surface area (Å²) in [6.07, 6.45) is 3.28. The summed E-state index contributed by atoms with van der Waals surface area (Å²) in [5.74, 6) is -1.08. The van der Waals surface area contributed by atoms with Crippen molar-refractivity contribution in [2.24, 2.45) is 5.73 Å². The topological polar surface area (TPSA) is 80.4 Å². The van der Waals surface area contributed by atoms with Crippen molar-refractivity contribution in [2.75, 3.05) is 0 Å². The predicted molar refractivity (Wildman–Crippen MR) is 74.4 cm³/mol. The van der Waals surface area contributed by atoms with E-state index in [1.165, 1.54) is 0 Å². The summed E-state index contributed by atoms with van der Waals surface area (Å²) < 4.78 is 0.942. The molecule has 1 aromatic carbocycles. The third-order valence-electron chi connectivity index (χ3n) is 2.12. The molecule has 0 aliphatic heterocycles. The molecule has 18 heavy (non-hydrogen) atoms. The lowest BCUT2D eigenvalue weighted by Gasteiger charge is -1.92. The maximum atomic E-state index is 10.5. The zero-order valence-electron chi connectivity index (χ0n) is 10.4. The van der Waals surface area contributed by atoms with E-state index in [0.29, 0.717) is 12.0 Å². The molecule has 3 N–H and O–H groups in total. The monoisotopic (exact) mass is 315 g/mol. The number of carboxylic acid groups (broad SMARTS) is 1. The molecule has 1 amide bonds. The maximum Gasteiger partial charge on any atom is 0.303 e. The van der Waals surface area contributed by atoms with Gasteiger partial charge in [-0.3, -0.25) is 9.59 Å². The lowest BCUT2D eigenvalue weighted by atomic mass is 10.2. The molecule has 5 heteroatoms. The maximum absolute atomic E-state index is 10.5. The van der Waals surface area contributed by atoms with Gasteiger partial charge in [-0.1, -0.05) is 35.7 Å². The molecule has 0 saturated heterocycles. The van der Waals surface area contributed by atoms with Gasteiger partial charge in [0, 0.05) is 16.5 Å². The number of unbranched alkanes of at least 4 members (excludes halogenated alkanes) is 2. The first-order valence-corrected chi connectivity index (χ1v) is 6.53. The van der Waals surface area contributed by atoms with E-state index in [-0.39, 0.29) is 0 Å². The number of carbonyl (C=O) groups is 2. The fourth-order valence-electron chi connectivity index (χ4n) is 1.14. The minimum atomic E-state index is -0.682. The van der Waals surface area contributed by atoms with Crippen molar-refractivity contribution in [3.05, 3.63) is 34.3 Å². The van der Waals surface area contributed by atoms with Crippen LogP contribution in [-0.2, 0) is 4.79 Å². The summed E-state index contributed by atoms with van der Waals surface area (Å²) in [6, 6.07) is 6.90. The molecule has 0 bridgehead atoms. The molecule has 0 saturated carbocycles. The Morgan fingerprint density at radius 1 is 1.22 bits per heavy atom. The fourth-order valence-corrected chi connectivity index (χ4v) is 1.40. The van der Waals surface area contributed by atoms with E-state index >= 15 is 0 Å². The van der Waals surface area contributed by atoms with Crippen LogP contribution in [0.15, 0.2) is 28.7 Å². The SMILES string of the molecule is CCCCCC(=O)O.NC(=O)c1ccc(Br)cc1. The molecular formula is C13H18BrNO3. The molecule has 0 atom stereocenters. The van der Waals surface area contributed by atoms with Crippen molar-refractivity contribution in [3.8, 4) is 0 Å². The van der Waals surface area contributed by atoms with Gasteiger partial charge in [0.2, 0.25) is 5.91 Å². The number of halogens is 1. The summed E-state index contributed by atoms with van der Waals surface area (Å²) in [7, 11) is 0. The zero-order valence-corrected chi connectivity index (χ0v) is 11.9. The van der Waals surface area contributed by atoms with Gasteiger partial charge in [0.1, 0.15) is 0 Å². The zero-order chi connectivity index (χ0) is 14.0. The van der Waals surface area contributed by atoms with E-state index < -0.39 is 11.9 Å². The number of benzene rings is 1. The first-order chi connectivity index (χ1) is 8.47. The van der Waals surface area contributed by atoms with Crippen LogP contribution in [0.25, 0.3) is 0 Å². The van der Waals surface area contributed by atoms with E-state index in [0.717, 1.165) is 23.7 Å². The minimum Gasteiger partial charge on any atom is -0.481 e. The largest absolute Gasteiger partial charge is 0.481 e. The van der Waals surface area contributed by atoms with Crippen molar-refractivity contribution >= 4 is 27.8 Å². The molecule has 0 aliphatic carbocycles. The lowest BCUT2D eigenvalue weighted by molar-refractivity contribution is -0.137. The first-order valence-electron chi connectivity index (χ1n) is 5.74. The second kappa shape index (κ2) is 9.65. The minimum absolute atomic E-state index is 0.327. The van der Waals surface area contributed by atoms with Crippen molar-refractivity contribution in [1.82, 2.24) is 0 Å². The highest BCUT2D eigenvalue weighted by Crippen LogP contribution is 2.09. The Morgan fingerprint density at radius 3 is 2.17 bits per heavy atom. The number of aliphatic carboxylic acids is 1. The number of nitrogens with two attached hydrogens (primary N) is 1. The second-order valence-electron chi connectivity index (χ2n) is 3.72. The van der Waals surface area contributed by atoms with E-state index in [4.69, 9.17) is 10.8 Å². The fraction of sp³-hybridized carbons (Fsp3) is 0.385. The van der Waals surface area contributed by atoms with Crippen molar-refractivity contribution in [2.45, 2.75) is 32.6 Å². The average Bonchev–Trinajstić information content (AvgIpc) is 2.30. The van der Waals surface area contributed by atoms with Crippen LogP contribution < -0.4 is 5.73 Å². The third-order valence-corrected chi connectivity index (χ3v) is 2.65. The van der Waals surface area contributed by atoms with Crippen molar-refractivity contribution < 1.29 is 14.7 Å². The van der Waals surface area contributed by atoms with Crippen LogP contribution in [0.5, 0.6) is 0 Å². The molecule has 0 aliphatic rings. The predicted octanol–water partition coefficient (Wildman–Crippen LogP) is 3.20. The lowest BCUT2D eigenvalue weighted by Crippen LogP contribution is -2.10. The number of carbonyl (C=O) groups excluding carboxylic acids is 1. The van der Waals surface area contributed by atoms with Gasteiger partial charge in [-0.15, -0.1) is 0 Å². The average molecular weight is 316 g/mol. The second-order valence-corrected chi connectivity index (χ2v) is 4.64. The van der Waals surface area contributed by atoms with Gasteiger partial charge in [0.25, 0.3) is 0 Å². The molecule has 0 aromatic heterocycles. The van der Waals surface area contributed by atoms with Gasteiger partial charge in [-0.2, -0.15) is 0 Å². The Morgan fingerprint density at radius 2 is 1.78 bits per heavy atom. The van der Waals surface area contributed by atoms with Crippen LogP contribution in [0.1, 0.15) is 43.0 Å². The Bertz CT molecular complexity index is 376. The number of carboxylic acids is 1. The van der Waals surface area contributed by atoms with Crippen LogP contribution in [-0.4, -0.2) is 17.0 Å². The molecule has 1 aromatic rings. The summed E-state index contributed by atoms with van der Waals surface area (Å²) in [5, 5.41) is 8.14. The van der Waals surface area contributed by atoms with Gasteiger partial charge in [-0.05, 0) is 30.7 Å². The summed E-state index contributed by atoms with van der Waals surface area (Å²) in [6.45, 7) is 2.06. The number of primary amides is 1. The van der Waals surface area contributed by atoms with Gasteiger partial charge in [-0.25, -0.2) is 0 Å². The van der Waals surface area contributed by atoms with Crippen LogP contribution in [0.3, 0.4) is 0 Å².